The molecule has 0 radical (unpaired) electrons. The van der Waals surface area contributed by atoms with Gasteiger partial charge in [0.15, 0.2) is 0 Å². The maximum absolute atomic E-state index is 9.54. The number of likely N-dealkylation sites (tertiary alicyclic amines) is 1. The van der Waals surface area contributed by atoms with Crippen molar-refractivity contribution >= 4 is 23.5 Å². The largest absolute Gasteiger partial charge is 0.351 e. The SMILES string of the molecule is CCN1CCCC1[C@@H](C)Nc1nc(NC2CCCCCC2)nc(N(CC#N)c2ccccc2)n1. The average molecular weight is 463 g/mol. The fourth-order valence-corrected chi connectivity index (χ4v) is 5.29. The Kier molecular flexibility index (Phi) is 8.53. The molecule has 1 saturated heterocycles. The molecule has 182 valence electrons. The van der Waals surface area contributed by atoms with Gasteiger partial charge in [0.1, 0.15) is 6.54 Å². The molecule has 2 atom stereocenters. The third kappa shape index (κ3) is 6.15. The molecule has 8 nitrogen and oxygen atoms in total. The summed E-state index contributed by atoms with van der Waals surface area (Å²) in [4.78, 5) is 18.7. The zero-order valence-electron chi connectivity index (χ0n) is 20.6. The van der Waals surface area contributed by atoms with Crippen LogP contribution in [-0.4, -0.2) is 57.6 Å². The van der Waals surface area contributed by atoms with Crippen molar-refractivity contribution in [2.24, 2.45) is 0 Å². The van der Waals surface area contributed by atoms with Crippen molar-refractivity contribution < 1.29 is 0 Å². The number of hydrogen-bond acceptors (Lipinski definition) is 8. The summed E-state index contributed by atoms with van der Waals surface area (Å²) >= 11 is 0. The minimum absolute atomic E-state index is 0.165. The van der Waals surface area contributed by atoms with Crippen molar-refractivity contribution in [3.63, 3.8) is 0 Å². The molecular formula is C26H38N8. The first kappa shape index (κ1) is 24.2. The van der Waals surface area contributed by atoms with Gasteiger partial charge in [-0.1, -0.05) is 50.8 Å². The van der Waals surface area contributed by atoms with E-state index in [1.54, 1.807) is 0 Å². The third-order valence-corrected chi connectivity index (χ3v) is 7.10. The molecule has 1 aliphatic heterocycles. The standard InChI is InChI=1S/C26H38N8/c1-3-33-18-11-16-23(33)20(2)28-24-30-25(29-21-12-7-4-5-8-13-21)32-26(31-24)34(19-17-27)22-14-9-6-10-15-22/h6,9-10,14-15,20-21,23H,3-5,7-8,11-13,16,18-19H2,1-2H3,(H2,28,29,30,31,32)/t20-,23?/m1/s1. The van der Waals surface area contributed by atoms with E-state index in [1.807, 2.05) is 35.2 Å². The van der Waals surface area contributed by atoms with Crippen LogP contribution in [0.5, 0.6) is 0 Å². The van der Waals surface area contributed by atoms with Crippen molar-refractivity contribution in [1.29, 1.82) is 5.26 Å². The van der Waals surface area contributed by atoms with Gasteiger partial charge >= 0.3 is 0 Å². The molecular weight excluding hydrogens is 424 g/mol. The molecule has 34 heavy (non-hydrogen) atoms. The molecule has 4 rings (SSSR count). The van der Waals surface area contributed by atoms with Crippen LogP contribution in [0, 0.1) is 11.3 Å². The molecule has 8 heteroatoms. The summed E-state index contributed by atoms with van der Waals surface area (Å²) in [5, 5.41) is 16.7. The minimum Gasteiger partial charge on any atom is -0.351 e. The van der Waals surface area contributed by atoms with E-state index in [2.05, 4.69) is 35.5 Å². The van der Waals surface area contributed by atoms with Crippen molar-refractivity contribution in [2.75, 3.05) is 35.2 Å². The second-order valence-electron chi connectivity index (χ2n) is 9.47. The molecule has 0 bridgehead atoms. The third-order valence-electron chi connectivity index (χ3n) is 7.10. The van der Waals surface area contributed by atoms with Gasteiger partial charge < -0.3 is 10.6 Å². The van der Waals surface area contributed by atoms with E-state index in [0.29, 0.717) is 29.9 Å². The van der Waals surface area contributed by atoms with Crippen LogP contribution in [0.25, 0.3) is 0 Å². The summed E-state index contributed by atoms with van der Waals surface area (Å²) in [7, 11) is 0. The Morgan fingerprint density at radius 3 is 2.47 bits per heavy atom. The maximum atomic E-state index is 9.54. The van der Waals surface area contributed by atoms with E-state index in [1.165, 1.54) is 38.5 Å². The monoisotopic (exact) mass is 462 g/mol. The first-order valence-electron chi connectivity index (χ1n) is 12.9. The van der Waals surface area contributed by atoms with Crippen LogP contribution in [-0.2, 0) is 0 Å². The Labute approximate surface area is 203 Å². The average Bonchev–Trinajstić information content (AvgIpc) is 3.20. The smallest absolute Gasteiger partial charge is 0.237 e. The second kappa shape index (κ2) is 12.0. The second-order valence-corrected chi connectivity index (χ2v) is 9.47. The van der Waals surface area contributed by atoms with Crippen molar-refractivity contribution in [1.82, 2.24) is 19.9 Å². The van der Waals surface area contributed by atoms with Gasteiger partial charge in [0.05, 0.1) is 6.07 Å². The van der Waals surface area contributed by atoms with E-state index < -0.39 is 0 Å². The highest BCUT2D eigenvalue weighted by atomic mass is 15.3. The summed E-state index contributed by atoms with van der Waals surface area (Å²) in [6, 6.07) is 13.2. The lowest BCUT2D eigenvalue weighted by molar-refractivity contribution is 0.249. The van der Waals surface area contributed by atoms with E-state index in [-0.39, 0.29) is 12.6 Å². The highest BCUT2D eigenvalue weighted by Crippen LogP contribution is 2.27. The molecule has 0 spiro atoms. The molecule has 2 heterocycles. The highest BCUT2D eigenvalue weighted by Gasteiger charge is 2.29. The number of rotatable bonds is 9. The molecule has 2 aromatic rings. The van der Waals surface area contributed by atoms with Gasteiger partial charge in [-0.25, -0.2) is 0 Å². The van der Waals surface area contributed by atoms with Gasteiger partial charge in [-0.15, -0.1) is 0 Å². The maximum Gasteiger partial charge on any atom is 0.237 e. The summed E-state index contributed by atoms with van der Waals surface area (Å²) < 4.78 is 0. The predicted octanol–water partition coefficient (Wildman–Crippen LogP) is 4.95. The van der Waals surface area contributed by atoms with Crippen LogP contribution in [0.4, 0.5) is 23.5 Å². The van der Waals surface area contributed by atoms with Gasteiger partial charge in [-0.2, -0.15) is 20.2 Å². The fourth-order valence-electron chi connectivity index (χ4n) is 5.29. The van der Waals surface area contributed by atoms with Crippen molar-refractivity contribution in [3.05, 3.63) is 30.3 Å². The summed E-state index contributed by atoms with van der Waals surface area (Å²) in [6.07, 6.45) is 9.73. The zero-order valence-corrected chi connectivity index (χ0v) is 20.6. The quantitative estimate of drug-likeness (QED) is 0.399. The molecule has 1 saturated carbocycles. The Morgan fingerprint density at radius 1 is 1.03 bits per heavy atom. The number of nitrogens with zero attached hydrogens (tertiary/aromatic N) is 6. The molecule has 1 aromatic heterocycles. The number of hydrogen-bond donors (Lipinski definition) is 2. The van der Waals surface area contributed by atoms with Crippen LogP contribution < -0.4 is 15.5 Å². The number of para-hydroxylation sites is 1. The highest BCUT2D eigenvalue weighted by molar-refractivity contribution is 5.60. The molecule has 2 aliphatic rings. The van der Waals surface area contributed by atoms with Crippen molar-refractivity contribution in [2.45, 2.75) is 83.3 Å². The van der Waals surface area contributed by atoms with Crippen LogP contribution in [0.2, 0.25) is 0 Å². The molecule has 1 aromatic carbocycles. The number of likely N-dealkylation sites (N-methyl/N-ethyl adjacent to an activating group) is 1. The fraction of sp³-hybridized carbons (Fsp3) is 0.615. The minimum atomic E-state index is 0.165. The van der Waals surface area contributed by atoms with E-state index in [0.717, 1.165) is 31.6 Å². The lowest BCUT2D eigenvalue weighted by atomic mass is 10.1. The van der Waals surface area contributed by atoms with E-state index in [9.17, 15) is 5.26 Å². The van der Waals surface area contributed by atoms with Crippen LogP contribution in [0.15, 0.2) is 30.3 Å². The Hall–Kier alpha value is -2.92. The van der Waals surface area contributed by atoms with Crippen molar-refractivity contribution in [3.8, 4) is 6.07 Å². The Balaban J connectivity index is 1.63. The molecule has 1 aliphatic carbocycles. The molecule has 1 unspecified atom stereocenters. The molecule has 2 fully saturated rings. The van der Waals surface area contributed by atoms with Gasteiger partial charge in [0.2, 0.25) is 17.8 Å². The molecule has 0 amide bonds. The van der Waals surface area contributed by atoms with Gasteiger partial charge in [-0.05, 0) is 57.8 Å². The van der Waals surface area contributed by atoms with E-state index >= 15 is 0 Å². The first-order chi connectivity index (χ1) is 16.7. The number of anilines is 4. The Morgan fingerprint density at radius 2 is 1.76 bits per heavy atom. The Bertz CT molecular complexity index is 936. The van der Waals surface area contributed by atoms with Crippen LogP contribution in [0.1, 0.15) is 65.2 Å². The van der Waals surface area contributed by atoms with Gasteiger partial charge in [0.25, 0.3) is 0 Å². The van der Waals surface area contributed by atoms with Crippen LogP contribution >= 0.6 is 0 Å². The molecule has 2 N–H and O–H groups in total. The van der Waals surface area contributed by atoms with E-state index in [4.69, 9.17) is 15.0 Å². The number of aromatic nitrogens is 3. The normalized spacial score (nSPS) is 20.3. The zero-order chi connectivity index (χ0) is 23.8. The summed E-state index contributed by atoms with van der Waals surface area (Å²) in [5.74, 6) is 1.65. The number of benzene rings is 1. The van der Waals surface area contributed by atoms with Gasteiger partial charge in [-0.3, -0.25) is 9.80 Å². The topological polar surface area (TPSA) is 93.0 Å². The van der Waals surface area contributed by atoms with Gasteiger partial charge in [0, 0.05) is 23.8 Å². The lowest BCUT2D eigenvalue weighted by Gasteiger charge is -2.29. The van der Waals surface area contributed by atoms with Crippen LogP contribution in [0.3, 0.4) is 0 Å². The summed E-state index contributed by atoms with van der Waals surface area (Å²) in [6.45, 7) is 6.80. The first-order valence-corrected chi connectivity index (χ1v) is 12.9. The summed E-state index contributed by atoms with van der Waals surface area (Å²) in [5.41, 5.74) is 0.891. The predicted molar refractivity (Wildman–Crippen MR) is 137 cm³/mol. The lowest BCUT2D eigenvalue weighted by Crippen LogP contribution is -2.41. The number of nitriles is 1. The number of nitrogens with one attached hydrogen (secondary N) is 2.